The maximum atomic E-state index is 12.4. The van der Waals surface area contributed by atoms with E-state index in [-0.39, 0.29) is 35.9 Å². The second-order valence-electron chi connectivity index (χ2n) is 5.93. The molecule has 7 heteroatoms. The molecule has 0 aromatic heterocycles. The number of allylic oxidation sites excluding steroid dienone is 2. The predicted molar refractivity (Wildman–Crippen MR) is 78.9 cm³/mol. The molecule has 3 rings (SSSR count). The van der Waals surface area contributed by atoms with E-state index in [9.17, 15) is 22.8 Å². The lowest BCUT2D eigenvalue weighted by Gasteiger charge is -2.18. The van der Waals surface area contributed by atoms with Crippen molar-refractivity contribution in [2.75, 3.05) is 6.61 Å². The van der Waals surface area contributed by atoms with Crippen LogP contribution in [0.15, 0.2) is 36.4 Å². The molecule has 0 bridgehead atoms. The van der Waals surface area contributed by atoms with Crippen LogP contribution in [0.1, 0.15) is 18.4 Å². The van der Waals surface area contributed by atoms with Gasteiger partial charge in [0.15, 0.2) is 6.61 Å². The molecule has 1 heterocycles. The number of likely N-dealkylation sites (tertiary alicyclic amines) is 1. The van der Waals surface area contributed by atoms with Gasteiger partial charge in [0.2, 0.25) is 11.8 Å². The average molecular weight is 339 g/mol. The van der Waals surface area contributed by atoms with E-state index in [0.29, 0.717) is 18.4 Å². The van der Waals surface area contributed by atoms with Gasteiger partial charge in [0, 0.05) is 5.56 Å². The molecular weight excluding hydrogens is 323 g/mol. The molecule has 0 saturated carbocycles. The van der Waals surface area contributed by atoms with Gasteiger partial charge in [-0.25, -0.2) is 0 Å². The highest BCUT2D eigenvalue weighted by Crippen LogP contribution is 2.36. The van der Waals surface area contributed by atoms with Crippen LogP contribution in [-0.4, -0.2) is 29.5 Å². The molecule has 2 atom stereocenters. The minimum atomic E-state index is -4.45. The third-order valence-corrected chi connectivity index (χ3v) is 4.29. The van der Waals surface area contributed by atoms with Crippen LogP contribution >= 0.6 is 0 Å². The number of halogens is 3. The summed E-state index contributed by atoms with van der Waals surface area (Å²) >= 11 is 0. The number of ether oxygens (including phenoxy) is 1. The lowest BCUT2D eigenvalue weighted by atomic mass is 9.85. The van der Waals surface area contributed by atoms with Crippen LogP contribution in [-0.2, 0) is 16.1 Å². The number of benzene rings is 1. The monoisotopic (exact) mass is 339 g/mol. The van der Waals surface area contributed by atoms with E-state index in [2.05, 4.69) is 0 Å². The molecule has 1 fully saturated rings. The first-order chi connectivity index (χ1) is 11.4. The lowest BCUT2D eigenvalue weighted by molar-refractivity contribution is -0.154. The molecule has 2 aliphatic rings. The minimum Gasteiger partial charge on any atom is -0.484 e. The van der Waals surface area contributed by atoms with E-state index in [1.807, 2.05) is 12.2 Å². The topological polar surface area (TPSA) is 46.6 Å². The summed E-state index contributed by atoms with van der Waals surface area (Å²) in [5.41, 5.74) is 0.384. The highest BCUT2D eigenvalue weighted by Gasteiger charge is 2.47. The Hall–Kier alpha value is -2.31. The molecule has 0 spiro atoms. The summed E-state index contributed by atoms with van der Waals surface area (Å²) in [7, 11) is 0. The van der Waals surface area contributed by atoms with Crippen molar-refractivity contribution < 1.29 is 27.5 Å². The molecule has 4 nitrogen and oxygen atoms in total. The van der Waals surface area contributed by atoms with E-state index in [1.54, 1.807) is 18.2 Å². The number of carbonyl (C=O) groups excluding carboxylic acids is 2. The molecule has 128 valence electrons. The number of carbonyl (C=O) groups is 2. The van der Waals surface area contributed by atoms with Crippen LogP contribution in [0.5, 0.6) is 5.75 Å². The van der Waals surface area contributed by atoms with Gasteiger partial charge in [-0.05, 0) is 18.9 Å². The Morgan fingerprint density at radius 3 is 2.21 bits per heavy atom. The first-order valence-corrected chi connectivity index (χ1v) is 7.64. The number of hydrogen-bond donors (Lipinski definition) is 0. The van der Waals surface area contributed by atoms with Crippen molar-refractivity contribution in [3.8, 4) is 5.75 Å². The molecular formula is C17H16F3NO3. The van der Waals surface area contributed by atoms with Crippen LogP contribution in [0.2, 0.25) is 0 Å². The normalized spacial score (nSPS) is 23.5. The van der Waals surface area contributed by atoms with Crippen molar-refractivity contribution in [3.63, 3.8) is 0 Å². The molecule has 1 aromatic carbocycles. The first kappa shape index (κ1) is 16.5. The fourth-order valence-electron chi connectivity index (χ4n) is 3.13. The predicted octanol–water partition coefficient (Wildman–Crippen LogP) is 3.08. The molecule has 24 heavy (non-hydrogen) atoms. The van der Waals surface area contributed by atoms with Gasteiger partial charge in [0.25, 0.3) is 0 Å². The standard InChI is InChI=1S/C17H16F3NO3/c18-17(19,20)10-24-14-8-4-1-5-11(14)9-21-15(22)12-6-2-3-7-13(12)16(21)23/h1-5,8,12-13H,6-7,9-10H2/t12-,13-/m0/s1. The Kier molecular flexibility index (Phi) is 4.34. The minimum absolute atomic E-state index is 0.0309. The summed E-state index contributed by atoms with van der Waals surface area (Å²) in [5, 5.41) is 0. The number of hydrogen-bond acceptors (Lipinski definition) is 3. The van der Waals surface area contributed by atoms with Crippen LogP contribution in [0.3, 0.4) is 0 Å². The largest absolute Gasteiger partial charge is 0.484 e. The quantitative estimate of drug-likeness (QED) is 0.626. The highest BCUT2D eigenvalue weighted by molar-refractivity contribution is 6.05. The number of para-hydroxylation sites is 1. The van der Waals surface area contributed by atoms with E-state index >= 15 is 0 Å². The van der Waals surface area contributed by atoms with Crippen molar-refractivity contribution in [2.45, 2.75) is 25.6 Å². The Morgan fingerprint density at radius 2 is 1.62 bits per heavy atom. The van der Waals surface area contributed by atoms with Gasteiger partial charge in [0.05, 0.1) is 18.4 Å². The van der Waals surface area contributed by atoms with Gasteiger partial charge in [0.1, 0.15) is 5.75 Å². The number of alkyl halides is 3. The van der Waals surface area contributed by atoms with Crippen LogP contribution in [0.4, 0.5) is 13.2 Å². The third-order valence-electron chi connectivity index (χ3n) is 4.29. The second-order valence-corrected chi connectivity index (χ2v) is 5.93. The van der Waals surface area contributed by atoms with E-state index < -0.39 is 12.8 Å². The van der Waals surface area contributed by atoms with Crippen LogP contribution in [0, 0.1) is 11.8 Å². The molecule has 2 amide bonds. The van der Waals surface area contributed by atoms with Gasteiger partial charge in [-0.1, -0.05) is 30.4 Å². The Bertz CT molecular complexity index is 658. The lowest BCUT2D eigenvalue weighted by Crippen LogP contribution is -2.31. The fourth-order valence-corrected chi connectivity index (χ4v) is 3.13. The van der Waals surface area contributed by atoms with Crippen molar-refractivity contribution in [2.24, 2.45) is 11.8 Å². The molecule has 0 unspecified atom stereocenters. The molecule has 0 radical (unpaired) electrons. The number of fused-ring (bicyclic) bond motifs is 1. The van der Waals surface area contributed by atoms with Gasteiger partial charge in [-0.3, -0.25) is 14.5 Å². The molecule has 1 aliphatic heterocycles. The number of amides is 2. The average Bonchev–Trinajstić information content (AvgIpc) is 2.79. The number of nitrogens with zero attached hydrogens (tertiary/aromatic N) is 1. The highest BCUT2D eigenvalue weighted by atomic mass is 19.4. The Labute approximate surface area is 136 Å². The van der Waals surface area contributed by atoms with Gasteiger partial charge >= 0.3 is 6.18 Å². The summed E-state index contributed by atoms with van der Waals surface area (Å²) in [4.78, 5) is 26.0. The fraction of sp³-hybridized carbons (Fsp3) is 0.412. The Balaban J connectivity index is 1.77. The maximum absolute atomic E-state index is 12.4. The van der Waals surface area contributed by atoms with E-state index in [1.165, 1.54) is 6.07 Å². The number of imide groups is 1. The maximum Gasteiger partial charge on any atom is 0.422 e. The molecule has 0 N–H and O–H groups in total. The summed E-state index contributed by atoms with van der Waals surface area (Å²) in [5.74, 6) is -1.21. The van der Waals surface area contributed by atoms with Gasteiger partial charge in [-0.15, -0.1) is 0 Å². The molecule has 1 aromatic rings. The van der Waals surface area contributed by atoms with Crippen molar-refractivity contribution in [1.82, 2.24) is 4.90 Å². The van der Waals surface area contributed by atoms with E-state index in [4.69, 9.17) is 4.74 Å². The Morgan fingerprint density at radius 1 is 1.04 bits per heavy atom. The number of rotatable bonds is 4. The van der Waals surface area contributed by atoms with Crippen molar-refractivity contribution in [1.29, 1.82) is 0 Å². The summed E-state index contributed by atoms with van der Waals surface area (Å²) in [6, 6.07) is 6.15. The summed E-state index contributed by atoms with van der Waals surface area (Å²) < 4.78 is 41.9. The van der Waals surface area contributed by atoms with Crippen LogP contribution in [0.25, 0.3) is 0 Å². The van der Waals surface area contributed by atoms with Crippen molar-refractivity contribution in [3.05, 3.63) is 42.0 Å². The third kappa shape index (κ3) is 3.29. The van der Waals surface area contributed by atoms with Gasteiger partial charge in [-0.2, -0.15) is 13.2 Å². The zero-order chi connectivity index (χ0) is 17.3. The first-order valence-electron chi connectivity index (χ1n) is 7.64. The van der Waals surface area contributed by atoms with Crippen molar-refractivity contribution >= 4 is 11.8 Å². The summed E-state index contributed by atoms with van der Waals surface area (Å²) in [6.45, 7) is -1.49. The molecule has 1 aliphatic carbocycles. The second kappa shape index (κ2) is 6.30. The summed E-state index contributed by atoms with van der Waals surface area (Å²) in [6.07, 6.45) is 0.370. The molecule has 1 saturated heterocycles. The smallest absolute Gasteiger partial charge is 0.422 e. The SMILES string of the molecule is O=C1[C@H]2CC=CC[C@@H]2C(=O)N1Cc1ccccc1OCC(F)(F)F. The van der Waals surface area contributed by atoms with E-state index in [0.717, 1.165) is 4.90 Å². The zero-order valence-electron chi connectivity index (χ0n) is 12.8. The van der Waals surface area contributed by atoms with Crippen LogP contribution < -0.4 is 4.74 Å². The van der Waals surface area contributed by atoms with Gasteiger partial charge < -0.3 is 4.74 Å². The zero-order valence-corrected chi connectivity index (χ0v) is 12.8.